The molecule has 1 amide bonds. The van der Waals surface area contributed by atoms with Crippen LogP contribution in [-0.2, 0) is 26.1 Å². The Hall–Kier alpha value is -2.40. The first-order valence-electron chi connectivity index (χ1n) is 15.1. The van der Waals surface area contributed by atoms with Crippen LogP contribution in [0.4, 0.5) is 0 Å². The van der Waals surface area contributed by atoms with Crippen molar-refractivity contribution < 1.29 is 22.7 Å². The average molecular weight is 591 g/mol. The molecule has 2 fully saturated rings. The molecule has 1 spiro atoms. The van der Waals surface area contributed by atoms with Crippen molar-refractivity contribution in [3.05, 3.63) is 47.3 Å². The van der Waals surface area contributed by atoms with Crippen LogP contribution in [-0.4, -0.2) is 81.1 Å². The van der Waals surface area contributed by atoms with E-state index in [-0.39, 0.29) is 19.1 Å². The number of benzene rings is 1. The van der Waals surface area contributed by atoms with Gasteiger partial charge in [0.05, 0.1) is 24.7 Å². The van der Waals surface area contributed by atoms with Crippen LogP contribution >= 0.6 is 0 Å². The van der Waals surface area contributed by atoms with Gasteiger partial charge in [-0.2, -0.15) is 4.31 Å². The maximum absolute atomic E-state index is 14.0. The van der Waals surface area contributed by atoms with E-state index in [1.807, 2.05) is 50.9 Å². The molecular weight excluding hydrogens is 540 g/mol. The predicted octanol–water partition coefficient (Wildman–Crippen LogP) is 4.53. The van der Waals surface area contributed by atoms with Crippen molar-refractivity contribution in [3.8, 4) is 5.75 Å². The van der Waals surface area contributed by atoms with E-state index in [1.165, 1.54) is 10.7 Å². The van der Waals surface area contributed by atoms with Gasteiger partial charge in [-0.1, -0.05) is 27.7 Å². The summed E-state index contributed by atoms with van der Waals surface area (Å²) < 4.78 is 42.8. The molecule has 1 unspecified atom stereocenters. The van der Waals surface area contributed by atoms with E-state index in [1.54, 1.807) is 33.1 Å². The Labute approximate surface area is 247 Å². The highest BCUT2D eigenvalue weighted by atomic mass is 32.2. The van der Waals surface area contributed by atoms with Crippen LogP contribution in [0.3, 0.4) is 0 Å². The summed E-state index contributed by atoms with van der Waals surface area (Å²) in [7, 11) is -2.25. The topological polar surface area (TPSA) is 93.1 Å². The van der Waals surface area contributed by atoms with Crippen molar-refractivity contribution in [1.29, 1.82) is 0 Å². The molecule has 2 saturated heterocycles. The number of carbonyl (C=O) groups excluding carboxylic acids is 1. The Balaban J connectivity index is 0.00000111. The number of fused-ring (bicyclic) bond motifs is 1. The Kier molecular flexibility index (Phi) is 11.8. The molecule has 1 aromatic carbocycles. The number of hydrogen-bond donors (Lipinski definition) is 1. The fraction of sp³-hybridized carbons (Fsp3) is 0.645. The van der Waals surface area contributed by atoms with E-state index in [0.717, 1.165) is 44.7 Å². The van der Waals surface area contributed by atoms with Crippen LogP contribution in [0.5, 0.6) is 5.75 Å². The minimum atomic E-state index is -3.82. The van der Waals surface area contributed by atoms with Crippen LogP contribution in [0.25, 0.3) is 0 Å². The van der Waals surface area contributed by atoms with Gasteiger partial charge in [-0.15, -0.1) is 0 Å². The minimum Gasteiger partial charge on any atom is -0.497 e. The number of nitrogens with zero attached hydrogens (tertiary/aromatic N) is 3. The lowest BCUT2D eigenvalue weighted by Crippen LogP contribution is -2.46. The second-order valence-electron chi connectivity index (χ2n) is 10.7. The standard InChI is InChI=1S/C27H38N4O5S.2C2H6/c1-20-15-22(35-3)16-21(2)26(20)37(33,34)31-14-13-29-10-4-5-23(29)24(31)17-36-18-25(32)30-11-7-27(8-12-30)6-9-28-19-27;2*1-2/h4-5,10,15-16,24,28H,6-9,11-14,17-19H2,1-3H3;2*1-2H3. The zero-order valence-electron chi connectivity index (χ0n) is 26.0. The molecule has 0 bridgehead atoms. The van der Waals surface area contributed by atoms with Crippen molar-refractivity contribution in [3.63, 3.8) is 0 Å². The fourth-order valence-corrected chi connectivity index (χ4v) is 8.25. The third-order valence-corrected chi connectivity index (χ3v) is 10.6. The van der Waals surface area contributed by atoms with Crippen molar-refractivity contribution in [2.24, 2.45) is 5.41 Å². The lowest BCUT2D eigenvalue weighted by Gasteiger charge is -2.39. The molecule has 10 heteroatoms. The van der Waals surface area contributed by atoms with Gasteiger partial charge in [-0.05, 0) is 80.5 Å². The first-order chi connectivity index (χ1) is 19.7. The maximum Gasteiger partial charge on any atom is 0.248 e. The normalized spacial score (nSPS) is 20.0. The second-order valence-corrected chi connectivity index (χ2v) is 12.5. The van der Waals surface area contributed by atoms with E-state index in [2.05, 4.69) is 9.88 Å². The van der Waals surface area contributed by atoms with Crippen molar-refractivity contribution in [2.75, 3.05) is 53.0 Å². The highest BCUT2D eigenvalue weighted by Gasteiger charge is 2.40. The second kappa shape index (κ2) is 14.7. The SMILES string of the molecule is CC.CC.COc1cc(C)c(S(=O)(=O)N2CCn3cccc3C2COCC(=O)N2CCC3(CCNC3)CC2)c(C)c1. The molecule has 230 valence electrons. The predicted molar refractivity (Wildman–Crippen MR) is 163 cm³/mol. The van der Waals surface area contributed by atoms with Gasteiger partial charge >= 0.3 is 0 Å². The number of rotatable bonds is 7. The van der Waals surface area contributed by atoms with Crippen molar-refractivity contribution in [1.82, 2.24) is 19.1 Å². The zero-order chi connectivity index (χ0) is 30.2. The van der Waals surface area contributed by atoms with E-state index in [9.17, 15) is 13.2 Å². The minimum absolute atomic E-state index is 0.0248. The molecule has 0 saturated carbocycles. The molecule has 0 aliphatic carbocycles. The van der Waals surface area contributed by atoms with Crippen LogP contribution in [0.15, 0.2) is 35.4 Å². The van der Waals surface area contributed by atoms with Crippen LogP contribution < -0.4 is 10.1 Å². The Morgan fingerprint density at radius 2 is 1.68 bits per heavy atom. The third kappa shape index (κ3) is 7.16. The smallest absolute Gasteiger partial charge is 0.248 e. The first kappa shape index (κ1) is 33.1. The summed E-state index contributed by atoms with van der Waals surface area (Å²) in [6.45, 7) is 16.2. The lowest BCUT2D eigenvalue weighted by molar-refractivity contribution is -0.138. The van der Waals surface area contributed by atoms with Crippen LogP contribution in [0.1, 0.15) is 69.8 Å². The molecule has 3 aliphatic rings. The summed E-state index contributed by atoms with van der Waals surface area (Å²) in [5.41, 5.74) is 2.51. The molecule has 9 nitrogen and oxygen atoms in total. The first-order valence-corrected chi connectivity index (χ1v) is 16.6. The summed E-state index contributed by atoms with van der Waals surface area (Å²) >= 11 is 0. The largest absolute Gasteiger partial charge is 0.497 e. The number of hydrogen-bond acceptors (Lipinski definition) is 6. The molecule has 1 N–H and O–H groups in total. The van der Waals surface area contributed by atoms with Crippen molar-refractivity contribution in [2.45, 2.75) is 78.3 Å². The Bertz CT molecular complexity index is 1220. The van der Waals surface area contributed by atoms with E-state index in [0.29, 0.717) is 40.3 Å². The number of aromatic nitrogens is 1. The molecule has 1 aromatic heterocycles. The summed E-state index contributed by atoms with van der Waals surface area (Å²) in [5.74, 6) is 0.607. The van der Waals surface area contributed by atoms with Gasteiger partial charge in [0.25, 0.3) is 0 Å². The summed E-state index contributed by atoms with van der Waals surface area (Å²) in [6.07, 6.45) is 5.19. The van der Waals surface area contributed by atoms with Gasteiger partial charge in [-0.3, -0.25) is 4.79 Å². The zero-order valence-corrected chi connectivity index (χ0v) is 26.8. The highest BCUT2D eigenvalue weighted by molar-refractivity contribution is 7.89. The summed E-state index contributed by atoms with van der Waals surface area (Å²) in [4.78, 5) is 15.1. The maximum atomic E-state index is 14.0. The highest BCUT2D eigenvalue weighted by Crippen LogP contribution is 2.37. The monoisotopic (exact) mass is 590 g/mol. The Morgan fingerprint density at radius 3 is 2.27 bits per heavy atom. The van der Waals surface area contributed by atoms with Crippen molar-refractivity contribution >= 4 is 15.9 Å². The number of amides is 1. The molecular formula is C31H50N4O5S. The summed E-state index contributed by atoms with van der Waals surface area (Å²) in [6, 6.07) is 6.85. The van der Waals surface area contributed by atoms with E-state index >= 15 is 0 Å². The van der Waals surface area contributed by atoms with Gasteiger partial charge < -0.3 is 24.3 Å². The van der Waals surface area contributed by atoms with Gasteiger partial charge in [0.15, 0.2) is 0 Å². The molecule has 5 rings (SSSR count). The number of methoxy groups -OCH3 is 1. The number of ether oxygens (including phenoxy) is 2. The average Bonchev–Trinajstić information content (AvgIpc) is 3.65. The number of piperidine rings is 1. The fourth-order valence-electron chi connectivity index (χ4n) is 6.25. The number of likely N-dealkylation sites (tertiary alicyclic amines) is 1. The quantitative estimate of drug-likeness (QED) is 0.510. The Morgan fingerprint density at radius 1 is 1.02 bits per heavy atom. The number of aryl methyl sites for hydroxylation is 2. The van der Waals surface area contributed by atoms with Crippen LogP contribution in [0.2, 0.25) is 0 Å². The molecule has 4 heterocycles. The molecule has 3 aliphatic heterocycles. The number of sulfonamides is 1. The summed E-state index contributed by atoms with van der Waals surface area (Å²) in [5, 5.41) is 3.45. The van der Waals surface area contributed by atoms with E-state index < -0.39 is 16.1 Å². The number of nitrogens with one attached hydrogen (secondary N) is 1. The third-order valence-electron chi connectivity index (χ3n) is 8.36. The van der Waals surface area contributed by atoms with Crippen LogP contribution in [0, 0.1) is 19.3 Å². The van der Waals surface area contributed by atoms with Gasteiger partial charge in [0.1, 0.15) is 12.4 Å². The molecule has 1 atom stereocenters. The number of carbonyl (C=O) groups is 1. The van der Waals surface area contributed by atoms with Gasteiger partial charge in [-0.25, -0.2) is 8.42 Å². The molecule has 2 aromatic rings. The molecule has 41 heavy (non-hydrogen) atoms. The van der Waals surface area contributed by atoms with E-state index in [4.69, 9.17) is 9.47 Å². The van der Waals surface area contributed by atoms with Gasteiger partial charge in [0, 0.05) is 44.6 Å². The molecule has 0 radical (unpaired) electrons. The lowest BCUT2D eigenvalue weighted by atomic mass is 9.78. The van der Waals surface area contributed by atoms with Gasteiger partial charge in [0.2, 0.25) is 15.9 Å².